The Kier molecular flexibility index (Phi) is 5.04. The molecule has 6 nitrogen and oxygen atoms in total. The van der Waals surface area contributed by atoms with E-state index < -0.39 is 0 Å². The van der Waals surface area contributed by atoms with E-state index in [2.05, 4.69) is 15.2 Å². The number of likely N-dealkylation sites (tertiary alicyclic amines) is 1. The van der Waals surface area contributed by atoms with Crippen molar-refractivity contribution in [1.82, 2.24) is 9.88 Å². The summed E-state index contributed by atoms with van der Waals surface area (Å²) in [6.07, 6.45) is 7.43. The number of anilines is 1. The number of ether oxygens (including phenoxy) is 1. The number of carbonyl (C=O) groups excluding carboxylic acids is 1. The molecule has 1 N–H and O–H groups in total. The molecule has 4 rings (SSSR count). The number of aromatic nitrogens is 1. The van der Waals surface area contributed by atoms with Gasteiger partial charge in [-0.1, -0.05) is 0 Å². The minimum atomic E-state index is -0.107. The molecule has 4 heterocycles. The molecule has 2 aromatic heterocycles. The fourth-order valence-electron chi connectivity index (χ4n) is 4.02. The van der Waals surface area contributed by atoms with Gasteiger partial charge in [-0.25, -0.2) is 0 Å². The fraction of sp³-hybridized carbons (Fsp3) is 0.500. The van der Waals surface area contributed by atoms with E-state index in [9.17, 15) is 4.79 Å². The third-order valence-electron chi connectivity index (χ3n) is 5.47. The molecular formula is C20H25N3O3. The Hall–Kier alpha value is -2.18. The van der Waals surface area contributed by atoms with Gasteiger partial charge in [0.15, 0.2) is 0 Å². The van der Waals surface area contributed by atoms with Crippen LogP contribution in [0.4, 0.5) is 5.69 Å². The van der Waals surface area contributed by atoms with Gasteiger partial charge < -0.3 is 14.5 Å². The molecule has 1 amide bonds. The first kappa shape index (κ1) is 17.2. The number of nitrogens with one attached hydrogen (secondary N) is 1. The third-order valence-corrected chi connectivity index (χ3v) is 5.47. The van der Waals surface area contributed by atoms with E-state index in [0.717, 1.165) is 43.9 Å². The molecular weight excluding hydrogens is 330 g/mol. The second kappa shape index (κ2) is 7.60. The first-order valence-electron chi connectivity index (χ1n) is 9.26. The van der Waals surface area contributed by atoms with Gasteiger partial charge in [0.2, 0.25) is 5.91 Å². The van der Waals surface area contributed by atoms with Crippen molar-refractivity contribution in [3.8, 4) is 0 Å². The summed E-state index contributed by atoms with van der Waals surface area (Å²) in [6, 6.07) is 5.74. The first-order chi connectivity index (χ1) is 12.7. The number of aryl methyl sites for hydroxylation is 1. The van der Waals surface area contributed by atoms with Gasteiger partial charge in [-0.2, -0.15) is 0 Å². The number of carbonyl (C=O) groups is 1. The third kappa shape index (κ3) is 3.81. The van der Waals surface area contributed by atoms with Crippen molar-refractivity contribution in [2.75, 3.05) is 25.0 Å². The fourth-order valence-corrected chi connectivity index (χ4v) is 4.02. The van der Waals surface area contributed by atoms with Gasteiger partial charge in [0.05, 0.1) is 42.5 Å². The molecule has 3 atom stereocenters. The lowest BCUT2D eigenvalue weighted by atomic mass is 9.83. The summed E-state index contributed by atoms with van der Waals surface area (Å²) in [5.41, 5.74) is 2.81. The summed E-state index contributed by atoms with van der Waals surface area (Å²) in [6.45, 7) is 5.29. The number of hydrogen-bond donors (Lipinski definition) is 1. The van der Waals surface area contributed by atoms with Gasteiger partial charge in [-0.15, -0.1) is 0 Å². The van der Waals surface area contributed by atoms with Crippen molar-refractivity contribution in [1.29, 1.82) is 0 Å². The molecule has 2 aromatic rings. The predicted octanol–water partition coefficient (Wildman–Crippen LogP) is 2.85. The molecule has 0 aromatic carbocycles. The monoisotopic (exact) mass is 355 g/mol. The van der Waals surface area contributed by atoms with E-state index in [1.54, 1.807) is 18.7 Å². The zero-order valence-corrected chi connectivity index (χ0v) is 15.1. The van der Waals surface area contributed by atoms with Gasteiger partial charge in [-0.3, -0.25) is 14.7 Å². The van der Waals surface area contributed by atoms with Crippen molar-refractivity contribution in [3.05, 3.63) is 48.2 Å². The Balaban J connectivity index is 1.36. The van der Waals surface area contributed by atoms with Crippen molar-refractivity contribution in [2.24, 2.45) is 11.8 Å². The van der Waals surface area contributed by atoms with Gasteiger partial charge in [0.1, 0.15) is 0 Å². The molecule has 0 radical (unpaired) electrons. The summed E-state index contributed by atoms with van der Waals surface area (Å²) >= 11 is 0. The molecule has 6 heteroatoms. The molecule has 138 valence electrons. The smallest absolute Gasteiger partial charge is 0.229 e. The quantitative estimate of drug-likeness (QED) is 0.913. The number of pyridine rings is 1. The second-order valence-electron chi connectivity index (χ2n) is 7.35. The molecule has 2 saturated heterocycles. The molecule has 0 saturated carbocycles. The van der Waals surface area contributed by atoms with Crippen LogP contribution in [0.2, 0.25) is 0 Å². The Morgan fingerprint density at radius 3 is 3.15 bits per heavy atom. The van der Waals surface area contributed by atoms with Crippen molar-refractivity contribution < 1.29 is 13.9 Å². The summed E-state index contributed by atoms with van der Waals surface area (Å²) in [7, 11) is 0. The number of fused-ring (bicyclic) bond motifs is 1. The van der Waals surface area contributed by atoms with Gasteiger partial charge in [0.25, 0.3) is 0 Å². The number of amides is 1. The van der Waals surface area contributed by atoms with Gasteiger partial charge >= 0.3 is 0 Å². The number of piperidine rings is 1. The van der Waals surface area contributed by atoms with Crippen LogP contribution in [0.25, 0.3) is 0 Å². The second-order valence-corrected chi connectivity index (χ2v) is 7.35. The Morgan fingerprint density at radius 1 is 1.42 bits per heavy atom. The lowest BCUT2D eigenvalue weighted by Gasteiger charge is -2.43. The summed E-state index contributed by atoms with van der Waals surface area (Å²) in [4.78, 5) is 19.3. The number of rotatable bonds is 4. The largest absolute Gasteiger partial charge is 0.472 e. The highest BCUT2D eigenvalue weighted by Gasteiger charge is 2.38. The van der Waals surface area contributed by atoms with Crippen LogP contribution in [-0.4, -0.2) is 41.6 Å². The van der Waals surface area contributed by atoms with E-state index in [-0.39, 0.29) is 17.9 Å². The highest BCUT2D eigenvalue weighted by molar-refractivity contribution is 5.93. The predicted molar refractivity (Wildman–Crippen MR) is 97.5 cm³/mol. The maximum absolute atomic E-state index is 12.7. The number of hydrogen-bond acceptors (Lipinski definition) is 5. The van der Waals surface area contributed by atoms with Crippen molar-refractivity contribution >= 4 is 11.6 Å². The van der Waals surface area contributed by atoms with E-state index in [0.29, 0.717) is 12.5 Å². The highest BCUT2D eigenvalue weighted by atomic mass is 16.5. The van der Waals surface area contributed by atoms with Gasteiger partial charge in [-0.05, 0) is 43.9 Å². The van der Waals surface area contributed by atoms with Crippen molar-refractivity contribution in [2.45, 2.75) is 32.4 Å². The van der Waals surface area contributed by atoms with Crippen LogP contribution in [-0.2, 0) is 16.1 Å². The molecule has 2 aliphatic heterocycles. The summed E-state index contributed by atoms with van der Waals surface area (Å²) in [5, 5.41) is 3.02. The molecule has 0 spiro atoms. The summed E-state index contributed by atoms with van der Waals surface area (Å²) in [5.74, 6) is 0.325. The van der Waals surface area contributed by atoms with Crippen LogP contribution in [0.5, 0.6) is 0 Å². The topological polar surface area (TPSA) is 67.6 Å². The summed E-state index contributed by atoms with van der Waals surface area (Å²) < 4.78 is 11.2. The number of furan rings is 1. The number of nitrogens with zero attached hydrogens (tertiary/aromatic N) is 2. The van der Waals surface area contributed by atoms with Crippen LogP contribution in [0, 0.1) is 18.8 Å². The SMILES string of the molecule is Cc1ncccc1NC(=O)[C@H]1CO[C@H]2CCN(Cc3ccoc3)C[C@H]2C1. The lowest BCUT2D eigenvalue weighted by Crippen LogP contribution is -2.49. The lowest BCUT2D eigenvalue weighted by molar-refractivity contribution is -0.134. The minimum Gasteiger partial charge on any atom is -0.472 e. The van der Waals surface area contributed by atoms with E-state index in [1.807, 2.05) is 25.1 Å². The van der Waals surface area contributed by atoms with Crippen LogP contribution < -0.4 is 5.32 Å². The molecule has 2 aliphatic rings. The molecule has 0 unspecified atom stereocenters. The minimum absolute atomic E-state index is 0.0338. The van der Waals surface area contributed by atoms with Crippen LogP contribution in [0.3, 0.4) is 0 Å². The molecule has 2 fully saturated rings. The molecule has 26 heavy (non-hydrogen) atoms. The maximum atomic E-state index is 12.7. The Labute approximate surface area is 153 Å². The standard InChI is InChI=1S/C20H25N3O3/c1-14-18(3-2-6-21-14)22-20(24)17-9-16-11-23(7-4-19(16)26-13-17)10-15-5-8-25-12-15/h2-3,5-6,8,12,16-17,19H,4,7,9-11,13H2,1H3,(H,22,24)/t16-,17-,19+/m1/s1. The highest BCUT2D eigenvalue weighted by Crippen LogP contribution is 2.32. The van der Waals surface area contributed by atoms with E-state index >= 15 is 0 Å². The molecule has 0 bridgehead atoms. The Morgan fingerprint density at radius 2 is 2.35 bits per heavy atom. The zero-order valence-electron chi connectivity index (χ0n) is 15.1. The van der Waals surface area contributed by atoms with E-state index in [1.165, 1.54) is 5.56 Å². The average molecular weight is 355 g/mol. The normalized spacial score (nSPS) is 26.3. The van der Waals surface area contributed by atoms with Crippen LogP contribution in [0.15, 0.2) is 41.3 Å². The average Bonchev–Trinajstić information content (AvgIpc) is 3.16. The van der Waals surface area contributed by atoms with Crippen LogP contribution in [0.1, 0.15) is 24.1 Å². The van der Waals surface area contributed by atoms with Crippen LogP contribution >= 0.6 is 0 Å². The van der Waals surface area contributed by atoms with Crippen molar-refractivity contribution in [3.63, 3.8) is 0 Å². The molecule has 0 aliphatic carbocycles. The maximum Gasteiger partial charge on any atom is 0.229 e. The van der Waals surface area contributed by atoms with Gasteiger partial charge in [0, 0.05) is 31.4 Å². The van der Waals surface area contributed by atoms with E-state index in [4.69, 9.17) is 9.15 Å². The first-order valence-corrected chi connectivity index (χ1v) is 9.26. The Bertz CT molecular complexity index is 747. The zero-order chi connectivity index (χ0) is 17.9.